The van der Waals surface area contributed by atoms with Gasteiger partial charge in [0.15, 0.2) is 0 Å². The van der Waals surface area contributed by atoms with Gasteiger partial charge in [-0.2, -0.15) is 0 Å². The number of carbonyl (C=O) groups excluding carboxylic acids is 1. The Morgan fingerprint density at radius 2 is 1.71 bits per heavy atom. The first-order valence-corrected chi connectivity index (χ1v) is 7.57. The molecule has 100 valence electrons. The van der Waals surface area contributed by atoms with Crippen LogP contribution in [-0.2, 0) is 0 Å². The van der Waals surface area contributed by atoms with Crippen LogP contribution in [0.25, 0.3) is 21.0 Å². The van der Waals surface area contributed by atoms with E-state index in [4.69, 9.17) is 0 Å². The summed E-state index contributed by atoms with van der Waals surface area (Å²) in [6.07, 6.45) is 0. The lowest BCUT2D eigenvalue weighted by molar-refractivity contribution is 0.103. The van der Waals surface area contributed by atoms with Crippen LogP contribution in [0, 0.1) is 0 Å². The van der Waals surface area contributed by atoms with E-state index in [2.05, 4.69) is 4.98 Å². The van der Waals surface area contributed by atoms with Crippen LogP contribution in [0.3, 0.4) is 0 Å². The third-order valence-corrected chi connectivity index (χ3v) is 4.52. The van der Waals surface area contributed by atoms with E-state index in [9.17, 15) is 4.79 Å². The van der Waals surface area contributed by atoms with Crippen LogP contribution >= 0.6 is 11.3 Å². The zero-order valence-corrected chi connectivity index (χ0v) is 11.9. The van der Waals surface area contributed by atoms with E-state index in [0.717, 1.165) is 26.6 Å². The van der Waals surface area contributed by atoms with Gasteiger partial charge in [0.05, 0.1) is 5.52 Å². The molecule has 4 aromatic rings. The standard InChI is InChI=1S/C18H11NOS/c20-17(14-6-3-5-13-10-11-21-18(13)14)16-9-8-12-4-1-2-7-15(12)19-16/h1-11H. The molecule has 21 heavy (non-hydrogen) atoms. The predicted octanol–water partition coefficient (Wildman–Crippen LogP) is 4.68. The van der Waals surface area contributed by atoms with Gasteiger partial charge in [-0.15, -0.1) is 11.3 Å². The monoisotopic (exact) mass is 289 g/mol. The summed E-state index contributed by atoms with van der Waals surface area (Å²) in [4.78, 5) is 17.2. The lowest BCUT2D eigenvalue weighted by atomic mass is 10.1. The highest BCUT2D eigenvalue weighted by molar-refractivity contribution is 7.17. The van der Waals surface area contributed by atoms with Crippen molar-refractivity contribution in [3.63, 3.8) is 0 Å². The van der Waals surface area contributed by atoms with Gasteiger partial charge in [0, 0.05) is 15.6 Å². The van der Waals surface area contributed by atoms with Gasteiger partial charge < -0.3 is 0 Å². The number of nitrogens with zero attached hydrogens (tertiary/aromatic N) is 1. The molecule has 0 N–H and O–H groups in total. The molecule has 0 unspecified atom stereocenters. The summed E-state index contributed by atoms with van der Waals surface area (Å²) >= 11 is 1.59. The zero-order valence-electron chi connectivity index (χ0n) is 11.1. The third-order valence-electron chi connectivity index (χ3n) is 3.55. The molecule has 0 aliphatic heterocycles. The van der Waals surface area contributed by atoms with Gasteiger partial charge in [-0.1, -0.05) is 36.4 Å². The van der Waals surface area contributed by atoms with Gasteiger partial charge in [0.1, 0.15) is 5.69 Å². The first kappa shape index (κ1) is 12.2. The molecule has 2 heterocycles. The Kier molecular flexibility index (Phi) is 2.79. The van der Waals surface area contributed by atoms with Gasteiger partial charge in [0.25, 0.3) is 0 Å². The highest BCUT2D eigenvalue weighted by Gasteiger charge is 2.14. The minimum atomic E-state index is -0.0196. The van der Waals surface area contributed by atoms with E-state index >= 15 is 0 Å². The Bertz CT molecular complexity index is 971. The molecule has 0 atom stereocenters. The minimum absolute atomic E-state index is 0.0196. The first-order valence-electron chi connectivity index (χ1n) is 6.70. The number of hydrogen-bond acceptors (Lipinski definition) is 3. The molecule has 0 saturated carbocycles. The average molecular weight is 289 g/mol. The number of hydrogen-bond donors (Lipinski definition) is 0. The van der Waals surface area contributed by atoms with Crippen molar-refractivity contribution in [3.05, 3.63) is 77.3 Å². The van der Waals surface area contributed by atoms with Crippen LogP contribution in [0.4, 0.5) is 0 Å². The molecular weight excluding hydrogens is 278 g/mol. The van der Waals surface area contributed by atoms with Crippen molar-refractivity contribution < 1.29 is 4.79 Å². The van der Waals surface area contributed by atoms with Gasteiger partial charge >= 0.3 is 0 Å². The Morgan fingerprint density at radius 1 is 0.857 bits per heavy atom. The highest BCUT2D eigenvalue weighted by atomic mass is 32.1. The van der Waals surface area contributed by atoms with Gasteiger partial charge in [-0.25, -0.2) is 4.98 Å². The number of pyridine rings is 1. The van der Waals surface area contributed by atoms with Gasteiger partial charge in [-0.05, 0) is 35.0 Å². The Balaban J connectivity index is 1.88. The van der Waals surface area contributed by atoms with Crippen LogP contribution < -0.4 is 0 Å². The minimum Gasteiger partial charge on any atom is -0.287 e. The number of aromatic nitrogens is 1. The van der Waals surface area contributed by atoms with E-state index in [1.54, 1.807) is 17.4 Å². The lowest BCUT2D eigenvalue weighted by Crippen LogP contribution is -2.04. The molecule has 0 aliphatic carbocycles. The van der Waals surface area contributed by atoms with E-state index in [1.807, 2.05) is 60.0 Å². The first-order chi connectivity index (χ1) is 10.3. The van der Waals surface area contributed by atoms with Crippen molar-refractivity contribution in [2.45, 2.75) is 0 Å². The predicted molar refractivity (Wildman–Crippen MR) is 87.0 cm³/mol. The highest BCUT2D eigenvalue weighted by Crippen LogP contribution is 2.26. The second-order valence-electron chi connectivity index (χ2n) is 4.86. The Hall–Kier alpha value is -2.52. The van der Waals surface area contributed by atoms with Crippen molar-refractivity contribution >= 4 is 38.1 Å². The maximum absolute atomic E-state index is 12.7. The maximum atomic E-state index is 12.7. The van der Waals surface area contributed by atoms with E-state index in [-0.39, 0.29) is 5.78 Å². The van der Waals surface area contributed by atoms with E-state index < -0.39 is 0 Å². The van der Waals surface area contributed by atoms with Crippen molar-refractivity contribution in [1.82, 2.24) is 4.98 Å². The summed E-state index contributed by atoms with van der Waals surface area (Å²) in [6, 6.07) is 19.4. The van der Waals surface area contributed by atoms with Crippen LogP contribution in [0.2, 0.25) is 0 Å². The number of fused-ring (bicyclic) bond motifs is 2. The third kappa shape index (κ3) is 2.03. The molecule has 3 heteroatoms. The number of thiophene rings is 1. The van der Waals surface area contributed by atoms with Crippen LogP contribution in [-0.4, -0.2) is 10.8 Å². The number of benzene rings is 2. The molecular formula is C18H11NOS. The maximum Gasteiger partial charge on any atom is 0.212 e. The second-order valence-corrected chi connectivity index (χ2v) is 5.78. The van der Waals surface area contributed by atoms with Crippen molar-refractivity contribution in [2.75, 3.05) is 0 Å². The number of ketones is 1. The molecule has 0 saturated heterocycles. The molecule has 0 radical (unpaired) electrons. The molecule has 2 aromatic carbocycles. The zero-order chi connectivity index (χ0) is 14.2. The van der Waals surface area contributed by atoms with Crippen LogP contribution in [0.5, 0.6) is 0 Å². The fraction of sp³-hybridized carbons (Fsp3) is 0. The molecule has 0 bridgehead atoms. The van der Waals surface area contributed by atoms with Crippen LogP contribution in [0.1, 0.15) is 16.1 Å². The Morgan fingerprint density at radius 3 is 2.67 bits per heavy atom. The summed E-state index contributed by atoms with van der Waals surface area (Å²) in [5.74, 6) is -0.0196. The van der Waals surface area contributed by atoms with Crippen molar-refractivity contribution in [2.24, 2.45) is 0 Å². The SMILES string of the molecule is O=C(c1ccc2ccccc2n1)c1cccc2ccsc12. The normalized spacial score (nSPS) is 11.0. The number of rotatable bonds is 2. The second kappa shape index (κ2) is 4.79. The fourth-order valence-electron chi connectivity index (χ4n) is 2.50. The number of carbonyl (C=O) groups is 1. The molecule has 0 spiro atoms. The van der Waals surface area contributed by atoms with E-state index in [0.29, 0.717) is 5.69 Å². The summed E-state index contributed by atoms with van der Waals surface area (Å²) in [6.45, 7) is 0. The lowest BCUT2D eigenvalue weighted by Gasteiger charge is -2.04. The summed E-state index contributed by atoms with van der Waals surface area (Å²) in [5, 5.41) is 4.16. The van der Waals surface area contributed by atoms with Gasteiger partial charge in [0.2, 0.25) is 5.78 Å². The largest absolute Gasteiger partial charge is 0.287 e. The summed E-state index contributed by atoms with van der Waals surface area (Å²) in [7, 11) is 0. The van der Waals surface area contributed by atoms with Crippen molar-refractivity contribution in [3.8, 4) is 0 Å². The quantitative estimate of drug-likeness (QED) is 0.501. The number of para-hydroxylation sites is 1. The topological polar surface area (TPSA) is 30.0 Å². The molecule has 4 rings (SSSR count). The van der Waals surface area contributed by atoms with Crippen molar-refractivity contribution in [1.29, 1.82) is 0 Å². The average Bonchev–Trinajstić information content (AvgIpc) is 3.02. The summed E-state index contributed by atoms with van der Waals surface area (Å²) < 4.78 is 1.03. The molecule has 0 fully saturated rings. The Labute approximate surface area is 125 Å². The van der Waals surface area contributed by atoms with Gasteiger partial charge in [-0.3, -0.25) is 4.79 Å². The van der Waals surface area contributed by atoms with E-state index in [1.165, 1.54) is 0 Å². The molecule has 0 amide bonds. The smallest absolute Gasteiger partial charge is 0.212 e. The molecule has 2 nitrogen and oxygen atoms in total. The summed E-state index contributed by atoms with van der Waals surface area (Å²) in [5.41, 5.74) is 2.07. The fourth-order valence-corrected chi connectivity index (χ4v) is 3.41. The van der Waals surface area contributed by atoms with Crippen LogP contribution in [0.15, 0.2) is 66.0 Å². The molecule has 2 aromatic heterocycles. The molecule has 0 aliphatic rings.